The molecule has 1 aliphatic heterocycles. The lowest BCUT2D eigenvalue weighted by Gasteiger charge is -2.32. The lowest BCUT2D eigenvalue weighted by atomic mass is 9.77. The number of fused-ring (bicyclic) bond motifs is 2. The zero-order valence-electron chi connectivity index (χ0n) is 18.2. The molecule has 0 saturated carbocycles. The molecule has 0 aromatic heterocycles. The van der Waals surface area contributed by atoms with E-state index < -0.39 is 0 Å². The van der Waals surface area contributed by atoms with Crippen molar-refractivity contribution in [3.63, 3.8) is 0 Å². The van der Waals surface area contributed by atoms with Gasteiger partial charge in [-0.2, -0.15) is 0 Å². The van der Waals surface area contributed by atoms with Crippen molar-refractivity contribution in [2.24, 2.45) is 4.99 Å². The molecule has 0 bridgehead atoms. The Labute approximate surface area is 176 Å². The predicted octanol–water partition coefficient (Wildman–Crippen LogP) is 5.22. The smallest absolute Gasteiger partial charge is 0.131 e. The van der Waals surface area contributed by atoms with E-state index in [-0.39, 0.29) is 17.7 Å². The molecule has 0 radical (unpaired) electrons. The van der Waals surface area contributed by atoms with Gasteiger partial charge in [-0.1, -0.05) is 18.2 Å². The normalized spacial score (nSPS) is 18.0. The van der Waals surface area contributed by atoms with Gasteiger partial charge in [-0.05, 0) is 49.4 Å². The third kappa shape index (κ3) is 2.96. The monoisotopic (exact) mass is 405 g/mol. The fraction of sp³-hybridized carbons (Fsp3) is 0.320. The van der Waals surface area contributed by atoms with Crippen LogP contribution in [0.1, 0.15) is 42.0 Å². The van der Waals surface area contributed by atoms with Gasteiger partial charge in [-0.15, -0.1) is 0 Å². The fourth-order valence-corrected chi connectivity index (χ4v) is 4.74. The molecule has 5 nitrogen and oxygen atoms in total. The van der Waals surface area contributed by atoms with Gasteiger partial charge < -0.3 is 19.3 Å². The van der Waals surface area contributed by atoms with E-state index >= 15 is 0 Å². The van der Waals surface area contributed by atoms with E-state index in [1.807, 2.05) is 44.2 Å². The van der Waals surface area contributed by atoms with Crippen molar-refractivity contribution in [3.8, 4) is 23.0 Å². The average molecular weight is 405 g/mol. The minimum atomic E-state index is -0.151. The summed E-state index contributed by atoms with van der Waals surface area (Å²) >= 11 is 0. The van der Waals surface area contributed by atoms with Crippen molar-refractivity contribution in [1.82, 2.24) is 0 Å². The second-order valence-electron chi connectivity index (χ2n) is 7.74. The van der Waals surface area contributed by atoms with E-state index in [9.17, 15) is 5.11 Å². The number of hydrogen-bond acceptors (Lipinski definition) is 5. The van der Waals surface area contributed by atoms with Gasteiger partial charge in [-0.3, -0.25) is 4.99 Å². The number of rotatable bonds is 4. The molecule has 3 aromatic rings. The Balaban J connectivity index is 2.06. The van der Waals surface area contributed by atoms with Crippen molar-refractivity contribution in [2.45, 2.75) is 32.7 Å². The van der Waals surface area contributed by atoms with Crippen molar-refractivity contribution < 1.29 is 19.3 Å². The molecular weight excluding hydrogens is 378 g/mol. The quantitative estimate of drug-likeness (QED) is 0.646. The molecule has 0 fully saturated rings. The number of nitrogens with zero attached hydrogens (tertiary/aromatic N) is 1. The Morgan fingerprint density at radius 3 is 2.33 bits per heavy atom. The Kier molecular flexibility index (Phi) is 5.06. The highest BCUT2D eigenvalue weighted by molar-refractivity contribution is 6.04. The first-order valence-corrected chi connectivity index (χ1v) is 10.0. The molecule has 30 heavy (non-hydrogen) atoms. The van der Waals surface area contributed by atoms with E-state index in [1.165, 1.54) is 0 Å². The summed E-state index contributed by atoms with van der Waals surface area (Å²) in [5, 5.41) is 13.1. The van der Waals surface area contributed by atoms with Crippen LogP contribution in [0.4, 0.5) is 0 Å². The summed E-state index contributed by atoms with van der Waals surface area (Å²) in [6.45, 7) is 6.11. The lowest BCUT2D eigenvalue weighted by molar-refractivity contribution is 0.391. The van der Waals surface area contributed by atoms with Gasteiger partial charge in [0.15, 0.2) is 0 Å². The van der Waals surface area contributed by atoms with E-state index in [2.05, 4.69) is 13.0 Å². The first-order valence-electron chi connectivity index (χ1n) is 10.0. The molecule has 1 heterocycles. The minimum absolute atomic E-state index is 0.0638. The van der Waals surface area contributed by atoms with Crippen LogP contribution in [0, 0.1) is 6.92 Å². The van der Waals surface area contributed by atoms with Crippen LogP contribution in [-0.4, -0.2) is 38.2 Å². The molecule has 2 unspecified atom stereocenters. The van der Waals surface area contributed by atoms with Crippen LogP contribution >= 0.6 is 0 Å². The van der Waals surface area contributed by atoms with Crippen LogP contribution in [0.2, 0.25) is 0 Å². The average Bonchev–Trinajstić information content (AvgIpc) is 2.74. The number of ether oxygens (including phenoxy) is 3. The number of methoxy groups -OCH3 is 3. The topological polar surface area (TPSA) is 60.3 Å². The molecule has 156 valence electrons. The Morgan fingerprint density at radius 2 is 1.67 bits per heavy atom. The summed E-state index contributed by atoms with van der Waals surface area (Å²) in [6.07, 6.45) is 0. The van der Waals surface area contributed by atoms with E-state index in [4.69, 9.17) is 19.2 Å². The van der Waals surface area contributed by atoms with E-state index in [0.717, 1.165) is 44.5 Å². The van der Waals surface area contributed by atoms with Gasteiger partial charge in [0.05, 0.1) is 32.8 Å². The van der Waals surface area contributed by atoms with Crippen molar-refractivity contribution in [3.05, 3.63) is 58.7 Å². The Bertz CT molecular complexity index is 1170. The highest BCUT2D eigenvalue weighted by Crippen LogP contribution is 2.48. The first-order chi connectivity index (χ1) is 14.4. The number of phenols is 1. The van der Waals surface area contributed by atoms with Crippen LogP contribution in [0.3, 0.4) is 0 Å². The highest BCUT2D eigenvalue weighted by atomic mass is 16.5. The number of hydrogen-bond donors (Lipinski definition) is 1. The zero-order chi connectivity index (χ0) is 21.6. The van der Waals surface area contributed by atoms with E-state index in [1.54, 1.807) is 21.3 Å². The summed E-state index contributed by atoms with van der Waals surface area (Å²) in [5.41, 5.74) is 4.78. The SMILES string of the molecule is COc1cc(OC)c2c(c1)C(c1c(C)cc3cccc(OC)c3c1O)C(C)N=C2C. The third-order valence-electron chi connectivity index (χ3n) is 6.02. The van der Waals surface area contributed by atoms with Gasteiger partial charge in [0, 0.05) is 28.8 Å². The number of benzene rings is 3. The maximum absolute atomic E-state index is 11.5. The summed E-state index contributed by atoms with van der Waals surface area (Å²) in [4.78, 5) is 4.90. The summed E-state index contributed by atoms with van der Waals surface area (Å²) in [5.74, 6) is 2.17. The summed E-state index contributed by atoms with van der Waals surface area (Å²) < 4.78 is 16.8. The fourth-order valence-electron chi connectivity index (χ4n) is 4.74. The van der Waals surface area contributed by atoms with Crippen molar-refractivity contribution in [1.29, 1.82) is 0 Å². The van der Waals surface area contributed by atoms with Crippen LogP contribution in [0.15, 0.2) is 41.4 Å². The van der Waals surface area contributed by atoms with Crippen LogP contribution < -0.4 is 14.2 Å². The second kappa shape index (κ2) is 7.56. The molecule has 4 rings (SSSR count). The third-order valence-corrected chi connectivity index (χ3v) is 6.02. The molecule has 0 saturated heterocycles. The first kappa shape index (κ1) is 20.1. The minimum Gasteiger partial charge on any atom is -0.507 e. The number of aromatic hydroxyl groups is 1. The van der Waals surface area contributed by atoms with Gasteiger partial charge in [0.25, 0.3) is 0 Å². The van der Waals surface area contributed by atoms with Gasteiger partial charge in [-0.25, -0.2) is 0 Å². The number of aliphatic imine (C=N–C) groups is 1. The molecule has 0 aliphatic carbocycles. The molecule has 2 atom stereocenters. The number of aryl methyl sites for hydroxylation is 1. The second-order valence-corrected chi connectivity index (χ2v) is 7.74. The van der Waals surface area contributed by atoms with Crippen LogP contribution in [-0.2, 0) is 0 Å². The Hall–Kier alpha value is -3.21. The molecule has 1 aliphatic rings. The van der Waals surface area contributed by atoms with Crippen LogP contribution in [0.25, 0.3) is 10.8 Å². The van der Waals surface area contributed by atoms with Gasteiger partial charge in [0.1, 0.15) is 23.0 Å². The maximum Gasteiger partial charge on any atom is 0.131 e. The molecular formula is C25H27NO4. The van der Waals surface area contributed by atoms with Gasteiger partial charge in [0.2, 0.25) is 0 Å². The van der Waals surface area contributed by atoms with Crippen molar-refractivity contribution >= 4 is 16.5 Å². The Morgan fingerprint density at radius 1 is 0.933 bits per heavy atom. The largest absolute Gasteiger partial charge is 0.507 e. The summed E-state index contributed by atoms with van der Waals surface area (Å²) in [6, 6.07) is 11.7. The molecule has 5 heteroatoms. The number of phenolic OH excluding ortho intramolecular Hbond substituents is 1. The highest BCUT2D eigenvalue weighted by Gasteiger charge is 2.34. The predicted molar refractivity (Wildman–Crippen MR) is 120 cm³/mol. The zero-order valence-corrected chi connectivity index (χ0v) is 18.2. The molecule has 0 amide bonds. The maximum atomic E-state index is 11.5. The van der Waals surface area contributed by atoms with Crippen molar-refractivity contribution in [2.75, 3.05) is 21.3 Å². The molecule has 0 spiro atoms. The molecule has 1 N–H and O–H groups in total. The molecule has 3 aromatic carbocycles. The summed E-state index contributed by atoms with van der Waals surface area (Å²) in [7, 11) is 4.92. The lowest BCUT2D eigenvalue weighted by Crippen LogP contribution is -2.25. The van der Waals surface area contributed by atoms with E-state index in [0.29, 0.717) is 11.5 Å². The van der Waals surface area contributed by atoms with Gasteiger partial charge >= 0.3 is 0 Å². The van der Waals surface area contributed by atoms with Crippen LogP contribution in [0.5, 0.6) is 23.0 Å². The standard InChI is InChI=1S/C25H27NO4/c1-13-10-16-8-7-9-19(29-5)24(16)25(27)21(13)23-15(3)26-14(2)22-18(23)11-17(28-4)12-20(22)30-6/h7-12,15,23,27H,1-6H3.